The number of anilines is 2. The van der Waals surface area contributed by atoms with E-state index in [-0.39, 0.29) is 0 Å². The summed E-state index contributed by atoms with van der Waals surface area (Å²) < 4.78 is 5.35. The SMILES string of the molecule is COc1nc(N2CCCCCC2)nc(N2CCc3sccc3C2)n1. The Morgan fingerprint density at radius 3 is 2.46 bits per heavy atom. The first-order valence-corrected chi connectivity index (χ1v) is 9.56. The zero-order valence-corrected chi connectivity index (χ0v) is 14.9. The first kappa shape index (κ1) is 15.6. The molecule has 0 aromatic carbocycles. The average molecular weight is 345 g/mol. The van der Waals surface area contributed by atoms with Crippen LogP contribution in [-0.4, -0.2) is 41.7 Å². The molecule has 0 aliphatic carbocycles. The highest BCUT2D eigenvalue weighted by Gasteiger charge is 2.22. The molecule has 2 aliphatic heterocycles. The fourth-order valence-corrected chi connectivity index (χ4v) is 4.29. The number of methoxy groups -OCH3 is 1. The molecule has 0 spiro atoms. The van der Waals surface area contributed by atoms with Gasteiger partial charge >= 0.3 is 6.01 Å². The van der Waals surface area contributed by atoms with E-state index in [9.17, 15) is 0 Å². The fraction of sp³-hybridized carbons (Fsp3) is 0.588. The molecule has 6 nitrogen and oxygen atoms in total. The van der Waals surface area contributed by atoms with Gasteiger partial charge in [-0.2, -0.15) is 15.0 Å². The highest BCUT2D eigenvalue weighted by molar-refractivity contribution is 7.10. The molecular weight excluding hydrogens is 322 g/mol. The van der Waals surface area contributed by atoms with Crippen LogP contribution in [0.2, 0.25) is 0 Å². The number of ether oxygens (including phenoxy) is 1. The molecule has 7 heteroatoms. The van der Waals surface area contributed by atoms with Gasteiger partial charge in [0.1, 0.15) is 0 Å². The molecule has 24 heavy (non-hydrogen) atoms. The van der Waals surface area contributed by atoms with Crippen LogP contribution < -0.4 is 14.5 Å². The average Bonchev–Trinajstić information content (AvgIpc) is 2.93. The summed E-state index contributed by atoms with van der Waals surface area (Å²) in [5.74, 6) is 1.49. The van der Waals surface area contributed by atoms with E-state index in [2.05, 4.69) is 31.2 Å². The van der Waals surface area contributed by atoms with Gasteiger partial charge in [0.05, 0.1) is 7.11 Å². The molecule has 4 rings (SSSR count). The summed E-state index contributed by atoms with van der Waals surface area (Å²) in [4.78, 5) is 19.8. The number of hydrogen-bond acceptors (Lipinski definition) is 7. The summed E-state index contributed by atoms with van der Waals surface area (Å²) in [6, 6.07) is 2.62. The zero-order valence-electron chi connectivity index (χ0n) is 14.1. The molecule has 1 fully saturated rings. The van der Waals surface area contributed by atoms with Gasteiger partial charge in [-0.25, -0.2) is 0 Å². The fourth-order valence-electron chi connectivity index (χ4n) is 3.40. The van der Waals surface area contributed by atoms with Crippen molar-refractivity contribution in [1.29, 1.82) is 0 Å². The predicted octanol–water partition coefficient (Wildman–Crippen LogP) is 2.88. The maximum Gasteiger partial charge on any atom is 0.322 e. The third-order valence-corrected chi connectivity index (χ3v) is 5.78. The van der Waals surface area contributed by atoms with Crippen LogP contribution in [0.4, 0.5) is 11.9 Å². The summed E-state index contributed by atoms with van der Waals surface area (Å²) in [5.41, 5.74) is 1.39. The molecule has 0 saturated carbocycles. The van der Waals surface area contributed by atoms with Crippen LogP contribution in [0.5, 0.6) is 6.01 Å². The largest absolute Gasteiger partial charge is 0.467 e. The molecular formula is C17H23N5OS. The topological polar surface area (TPSA) is 54.4 Å². The van der Waals surface area contributed by atoms with Gasteiger partial charge in [-0.1, -0.05) is 12.8 Å². The molecule has 0 radical (unpaired) electrons. The second-order valence-electron chi connectivity index (χ2n) is 6.36. The number of fused-ring (bicyclic) bond motifs is 1. The van der Waals surface area contributed by atoms with Crippen LogP contribution in [0.1, 0.15) is 36.1 Å². The van der Waals surface area contributed by atoms with Crippen LogP contribution in [0.15, 0.2) is 11.4 Å². The number of nitrogens with zero attached hydrogens (tertiary/aromatic N) is 5. The predicted molar refractivity (Wildman–Crippen MR) is 96.1 cm³/mol. The van der Waals surface area contributed by atoms with Crippen molar-refractivity contribution in [3.8, 4) is 6.01 Å². The number of rotatable bonds is 3. The van der Waals surface area contributed by atoms with Crippen molar-refractivity contribution in [2.45, 2.75) is 38.6 Å². The molecule has 4 heterocycles. The van der Waals surface area contributed by atoms with Crippen molar-refractivity contribution in [2.75, 3.05) is 36.5 Å². The van der Waals surface area contributed by atoms with Crippen molar-refractivity contribution in [3.63, 3.8) is 0 Å². The molecule has 0 unspecified atom stereocenters. The third-order valence-electron chi connectivity index (χ3n) is 4.75. The Hall–Kier alpha value is -1.89. The van der Waals surface area contributed by atoms with Gasteiger partial charge in [0.15, 0.2) is 0 Å². The Bertz CT molecular complexity index is 696. The lowest BCUT2D eigenvalue weighted by molar-refractivity contribution is 0.377. The normalized spacial score (nSPS) is 18.2. The monoisotopic (exact) mass is 345 g/mol. The molecule has 2 aromatic rings. The molecule has 0 amide bonds. The Labute approximate surface area is 146 Å². The quantitative estimate of drug-likeness (QED) is 0.853. The van der Waals surface area contributed by atoms with E-state index in [0.29, 0.717) is 6.01 Å². The number of hydrogen-bond donors (Lipinski definition) is 0. The van der Waals surface area contributed by atoms with Crippen LogP contribution in [0.3, 0.4) is 0 Å². The second kappa shape index (κ2) is 6.93. The van der Waals surface area contributed by atoms with E-state index in [0.717, 1.165) is 44.5 Å². The molecule has 0 N–H and O–H groups in total. The first-order chi connectivity index (χ1) is 11.8. The van der Waals surface area contributed by atoms with Gasteiger partial charge in [-0.3, -0.25) is 0 Å². The van der Waals surface area contributed by atoms with E-state index < -0.39 is 0 Å². The van der Waals surface area contributed by atoms with E-state index in [1.165, 1.54) is 36.1 Å². The molecule has 0 bridgehead atoms. The maximum absolute atomic E-state index is 5.35. The summed E-state index contributed by atoms with van der Waals surface area (Å²) in [6.07, 6.45) is 6.04. The Morgan fingerprint density at radius 1 is 0.958 bits per heavy atom. The van der Waals surface area contributed by atoms with Gasteiger partial charge in [0.2, 0.25) is 11.9 Å². The highest BCUT2D eigenvalue weighted by Crippen LogP contribution is 2.28. The summed E-state index contributed by atoms with van der Waals surface area (Å²) in [7, 11) is 1.62. The van der Waals surface area contributed by atoms with Gasteiger partial charge in [0, 0.05) is 31.1 Å². The van der Waals surface area contributed by atoms with Crippen molar-refractivity contribution >= 4 is 23.2 Å². The van der Waals surface area contributed by atoms with Crippen LogP contribution in [0.25, 0.3) is 0 Å². The van der Waals surface area contributed by atoms with Gasteiger partial charge in [-0.15, -0.1) is 11.3 Å². The highest BCUT2D eigenvalue weighted by atomic mass is 32.1. The van der Waals surface area contributed by atoms with Gasteiger partial charge in [-0.05, 0) is 36.3 Å². The van der Waals surface area contributed by atoms with E-state index in [1.807, 2.05) is 11.3 Å². The van der Waals surface area contributed by atoms with Gasteiger partial charge < -0.3 is 14.5 Å². The van der Waals surface area contributed by atoms with Gasteiger partial charge in [0.25, 0.3) is 0 Å². The second-order valence-corrected chi connectivity index (χ2v) is 7.36. The van der Waals surface area contributed by atoms with Crippen molar-refractivity contribution in [1.82, 2.24) is 15.0 Å². The molecule has 2 aliphatic rings. The smallest absolute Gasteiger partial charge is 0.322 e. The standard InChI is InChI=1S/C17H23N5OS/c1-23-17-19-15(21-8-4-2-3-5-9-21)18-16(20-17)22-10-6-14-13(12-22)7-11-24-14/h7,11H,2-6,8-10,12H2,1H3. The van der Waals surface area contributed by atoms with E-state index in [4.69, 9.17) is 9.72 Å². The Kier molecular flexibility index (Phi) is 4.51. The lowest BCUT2D eigenvalue weighted by atomic mass is 10.1. The van der Waals surface area contributed by atoms with Crippen molar-refractivity contribution < 1.29 is 4.74 Å². The van der Waals surface area contributed by atoms with Crippen molar-refractivity contribution in [3.05, 3.63) is 21.9 Å². The minimum Gasteiger partial charge on any atom is -0.467 e. The molecule has 2 aromatic heterocycles. The van der Waals surface area contributed by atoms with Crippen LogP contribution >= 0.6 is 11.3 Å². The zero-order chi connectivity index (χ0) is 16.4. The van der Waals surface area contributed by atoms with E-state index in [1.54, 1.807) is 7.11 Å². The minimum absolute atomic E-state index is 0.412. The number of aromatic nitrogens is 3. The first-order valence-electron chi connectivity index (χ1n) is 8.69. The lowest BCUT2D eigenvalue weighted by Gasteiger charge is -2.28. The Morgan fingerprint density at radius 2 is 1.71 bits per heavy atom. The molecule has 1 saturated heterocycles. The Balaban J connectivity index is 1.62. The molecule has 0 atom stereocenters. The summed E-state index contributed by atoms with van der Waals surface area (Å²) in [6.45, 7) is 3.84. The summed E-state index contributed by atoms with van der Waals surface area (Å²) in [5, 5.41) is 2.17. The third kappa shape index (κ3) is 3.17. The van der Waals surface area contributed by atoms with Crippen molar-refractivity contribution in [2.24, 2.45) is 0 Å². The number of thiophene rings is 1. The molecule has 128 valence electrons. The van der Waals surface area contributed by atoms with Crippen LogP contribution in [0, 0.1) is 0 Å². The lowest BCUT2D eigenvalue weighted by Crippen LogP contribution is -2.32. The van der Waals surface area contributed by atoms with Crippen LogP contribution in [-0.2, 0) is 13.0 Å². The maximum atomic E-state index is 5.35. The summed E-state index contributed by atoms with van der Waals surface area (Å²) >= 11 is 1.85. The van der Waals surface area contributed by atoms with E-state index >= 15 is 0 Å². The minimum atomic E-state index is 0.412.